The lowest BCUT2D eigenvalue weighted by atomic mass is 10.1. The number of rotatable bonds is 3. The molecule has 0 bridgehead atoms. The van der Waals surface area contributed by atoms with Crippen LogP contribution in [0.2, 0.25) is 0 Å². The van der Waals surface area contributed by atoms with Crippen LogP contribution in [-0.2, 0) is 4.79 Å². The Kier molecular flexibility index (Phi) is 3.51. The molecular formula is C15H17NO2. The van der Waals surface area contributed by atoms with Gasteiger partial charge in [-0.05, 0) is 42.8 Å². The first-order valence-corrected chi connectivity index (χ1v) is 6.03. The largest absolute Gasteiger partial charge is 0.464 e. The molecule has 1 heterocycles. The van der Waals surface area contributed by atoms with E-state index in [9.17, 15) is 4.79 Å². The van der Waals surface area contributed by atoms with Gasteiger partial charge in [0.15, 0.2) is 0 Å². The van der Waals surface area contributed by atoms with Crippen molar-refractivity contribution in [2.45, 2.75) is 20.8 Å². The molecule has 0 aliphatic heterocycles. The zero-order chi connectivity index (χ0) is 13.1. The molecular weight excluding hydrogens is 226 g/mol. The maximum absolute atomic E-state index is 11.6. The predicted molar refractivity (Wildman–Crippen MR) is 72.3 cm³/mol. The molecule has 94 valence electrons. The number of carbonyl (C=O) groups is 1. The SMILES string of the molecule is Cc1cc(-c2ccco2)ccc1NC(=O)C(C)C. The second kappa shape index (κ2) is 5.08. The van der Waals surface area contributed by atoms with Gasteiger partial charge in [0.05, 0.1) is 6.26 Å². The van der Waals surface area contributed by atoms with Crippen LogP contribution in [0.5, 0.6) is 0 Å². The van der Waals surface area contributed by atoms with E-state index in [0.29, 0.717) is 0 Å². The van der Waals surface area contributed by atoms with Crippen molar-refractivity contribution in [2.75, 3.05) is 5.32 Å². The van der Waals surface area contributed by atoms with Gasteiger partial charge in [0.1, 0.15) is 5.76 Å². The number of benzene rings is 1. The van der Waals surface area contributed by atoms with Crippen LogP contribution in [0.1, 0.15) is 19.4 Å². The summed E-state index contributed by atoms with van der Waals surface area (Å²) < 4.78 is 5.35. The fourth-order valence-electron chi connectivity index (χ4n) is 1.68. The quantitative estimate of drug-likeness (QED) is 0.889. The molecule has 0 fully saturated rings. The smallest absolute Gasteiger partial charge is 0.226 e. The molecule has 2 aromatic rings. The van der Waals surface area contributed by atoms with Gasteiger partial charge in [0.25, 0.3) is 0 Å². The van der Waals surface area contributed by atoms with Crippen molar-refractivity contribution in [3.8, 4) is 11.3 Å². The Labute approximate surface area is 107 Å². The molecule has 1 amide bonds. The van der Waals surface area contributed by atoms with Crippen molar-refractivity contribution in [3.05, 3.63) is 42.2 Å². The first kappa shape index (κ1) is 12.4. The van der Waals surface area contributed by atoms with Crippen molar-refractivity contribution in [3.63, 3.8) is 0 Å². The molecule has 3 heteroatoms. The van der Waals surface area contributed by atoms with Crippen LogP contribution in [0.25, 0.3) is 11.3 Å². The lowest BCUT2D eigenvalue weighted by molar-refractivity contribution is -0.118. The second-order valence-electron chi connectivity index (χ2n) is 4.65. The van der Waals surface area contributed by atoms with Crippen molar-refractivity contribution >= 4 is 11.6 Å². The molecule has 2 rings (SSSR count). The third-order valence-electron chi connectivity index (χ3n) is 2.81. The summed E-state index contributed by atoms with van der Waals surface area (Å²) in [7, 11) is 0. The van der Waals surface area contributed by atoms with E-state index < -0.39 is 0 Å². The Morgan fingerprint density at radius 1 is 1.28 bits per heavy atom. The Morgan fingerprint density at radius 3 is 2.61 bits per heavy atom. The number of aryl methyl sites for hydroxylation is 1. The number of nitrogens with one attached hydrogen (secondary N) is 1. The van der Waals surface area contributed by atoms with Gasteiger partial charge >= 0.3 is 0 Å². The first-order chi connectivity index (χ1) is 8.58. The molecule has 18 heavy (non-hydrogen) atoms. The highest BCUT2D eigenvalue weighted by Gasteiger charge is 2.09. The number of carbonyl (C=O) groups excluding carboxylic acids is 1. The molecule has 0 saturated carbocycles. The minimum Gasteiger partial charge on any atom is -0.464 e. The predicted octanol–water partition coefficient (Wildman–Crippen LogP) is 3.85. The molecule has 0 radical (unpaired) electrons. The fourth-order valence-corrected chi connectivity index (χ4v) is 1.68. The van der Waals surface area contributed by atoms with E-state index in [0.717, 1.165) is 22.6 Å². The molecule has 0 saturated heterocycles. The van der Waals surface area contributed by atoms with Crippen molar-refractivity contribution in [2.24, 2.45) is 5.92 Å². The molecule has 1 aromatic carbocycles. The third-order valence-corrected chi connectivity index (χ3v) is 2.81. The van der Waals surface area contributed by atoms with Crippen LogP contribution in [-0.4, -0.2) is 5.91 Å². The normalized spacial score (nSPS) is 10.7. The molecule has 0 aliphatic rings. The molecule has 0 spiro atoms. The highest BCUT2D eigenvalue weighted by Crippen LogP contribution is 2.25. The highest BCUT2D eigenvalue weighted by atomic mass is 16.3. The average molecular weight is 243 g/mol. The average Bonchev–Trinajstić information content (AvgIpc) is 2.85. The van der Waals surface area contributed by atoms with Crippen LogP contribution in [0.3, 0.4) is 0 Å². The van der Waals surface area contributed by atoms with Gasteiger partial charge < -0.3 is 9.73 Å². The summed E-state index contributed by atoms with van der Waals surface area (Å²) in [6, 6.07) is 9.64. The second-order valence-corrected chi connectivity index (χ2v) is 4.65. The topological polar surface area (TPSA) is 42.2 Å². The fraction of sp³-hybridized carbons (Fsp3) is 0.267. The van der Waals surface area contributed by atoms with E-state index in [1.807, 2.05) is 51.1 Å². The number of anilines is 1. The molecule has 1 N–H and O–H groups in total. The lowest BCUT2D eigenvalue weighted by Gasteiger charge is -2.11. The van der Waals surface area contributed by atoms with Gasteiger partial charge in [-0.1, -0.05) is 13.8 Å². The van der Waals surface area contributed by atoms with Crippen molar-refractivity contribution in [1.82, 2.24) is 0 Å². The van der Waals surface area contributed by atoms with Crippen LogP contribution >= 0.6 is 0 Å². The molecule has 0 unspecified atom stereocenters. The molecule has 0 atom stereocenters. The Morgan fingerprint density at radius 2 is 2.06 bits per heavy atom. The summed E-state index contributed by atoms with van der Waals surface area (Å²) in [6.45, 7) is 5.73. The van der Waals surface area contributed by atoms with E-state index in [4.69, 9.17) is 4.42 Å². The molecule has 1 aromatic heterocycles. The minimum atomic E-state index is -0.0193. The highest BCUT2D eigenvalue weighted by molar-refractivity contribution is 5.93. The number of amides is 1. The Bertz CT molecular complexity index is 542. The number of furan rings is 1. The van der Waals surface area contributed by atoms with Crippen LogP contribution < -0.4 is 5.32 Å². The summed E-state index contributed by atoms with van der Waals surface area (Å²) in [5, 5.41) is 2.91. The number of hydrogen-bond acceptors (Lipinski definition) is 2. The van der Waals surface area contributed by atoms with Gasteiger partial charge in [0.2, 0.25) is 5.91 Å². The minimum absolute atomic E-state index is 0.0193. The molecule has 0 aliphatic carbocycles. The van der Waals surface area contributed by atoms with E-state index in [1.54, 1.807) is 6.26 Å². The third kappa shape index (κ3) is 2.62. The summed E-state index contributed by atoms with van der Waals surface area (Å²) in [5.74, 6) is 0.845. The summed E-state index contributed by atoms with van der Waals surface area (Å²) in [5.41, 5.74) is 2.89. The Balaban J connectivity index is 2.23. The van der Waals surface area contributed by atoms with Gasteiger partial charge in [-0.3, -0.25) is 4.79 Å². The first-order valence-electron chi connectivity index (χ1n) is 6.03. The van der Waals surface area contributed by atoms with Crippen LogP contribution in [0.15, 0.2) is 41.0 Å². The number of hydrogen-bond donors (Lipinski definition) is 1. The summed E-state index contributed by atoms with van der Waals surface area (Å²) in [6.07, 6.45) is 1.65. The maximum Gasteiger partial charge on any atom is 0.226 e. The standard InChI is InChI=1S/C15H17NO2/c1-10(2)15(17)16-13-7-6-12(9-11(13)3)14-5-4-8-18-14/h4-10H,1-3H3,(H,16,17). The van der Waals surface area contributed by atoms with Crippen molar-refractivity contribution in [1.29, 1.82) is 0 Å². The van der Waals surface area contributed by atoms with Crippen LogP contribution in [0.4, 0.5) is 5.69 Å². The van der Waals surface area contributed by atoms with E-state index in [2.05, 4.69) is 5.32 Å². The Hall–Kier alpha value is -2.03. The zero-order valence-corrected chi connectivity index (χ0v) is 10.9. The van der Waals surface area contributed by atoms with E-state index >= 15 is 0 Å². The maximum atomic E-state index is 11.6. The van der Waals surface area contributed by atoms with Crippen LogP contribution in [0, 0.1) is 12.8 Å². The van der Waals surface area contributed by atoms with E-state index in [-0.39, 0.29) is 11.8 Å². The zero-order valence-electron chi connectivity index (χ0n) is 10.9. The summed E-state index contributed by atoms with van der Waals surface area (Å²) >= 11 is 0. The van der Waals surface area contributed by atoms with Crippen molar-refractivity contribution < 1.29 is 9.21 Å². The van der Waals surface area contributed by atoms with Gasteiger partial charge in [-0.25, -0.2) is 0 Å². The van der Waals surface area contributed by atoms with Gasteiger partial charge in [-0.15, -0.1) is 0 Å². The van der Waals surface area contributed by atoms with Gasteiger partial charge in [0, 0.05) is 17.2 Å². The van der Waals surface area contributed by atoms with E-state index in [1.165, 1.54) is 0 Å². The monoisotopic (exact) mass is 243 g/mol. The lowest BCUT2D eigenvalue weighted by Crippen LogP contribution is -2.18. The summed E-state index contributed by atoms with van der Waals surface area (Å²) in [4.78, 5) is 11.6. The molecule has 3 nitrogen and oxygen atoms in total. The van der Waals surface area contributed by atoms with Gasteiger partial charge in [-0.2, -0.15) is 0 Å².